The molecule has 0 aliphatic carbocycles. The molecule has 6 aromatic rings. The molecule has 3 N–H and O–H groups in total. The van der Waals surface area contributed by atoms with Gasteiger partial charge in [0.05, 0.1) is 123 Å². The molecule has 7 fully saturated rings. The van der Waals surface area contributed by atoms with E-state index in [0.29, 0.717) is 130 Å². The van der Waals surface area contributed by atoms with Gasteiger partial charge < -0.3 is 124 Å². The normalized spacial score (nSPS) is 18.2. The molecule has 4 atom stereocenters. The van der Waals surface area contributed by atoms with Crippen molar-refractivity contribution in [3.8, 4) is 12.0 Å². The number of carbonyl (C=O) groups excluding carboxylic acids is 4. The number of anilines is 4. The quantitative estimate of drug-likeness (QED) is 0.00798. The molecule has 33 nitrogen and oxygen atoms in total. The third-order valence-corrected chi connectivity index (χ3v) is 25.6. The van der Waals surface area contributed by atoms with Gasteiger partial charge in [0.25, 0.3) is 5.91 Å². The summed E-state index contributed by atoms with van der Waals surface area (Å²) in [4.78, 5) is 112. The zero-order valence-corrected chi connectivity index (χ0v) is 93.7. The topological polar surface area (TPSA) is 342 Å². The van der Waals surface area contributed by atoms with Gasteiger partial charge in [-0.1, -0.05) is 127 Å². The van der Waals surface area contributed by atoms with Crippen LogP contribution in [0.15, 0.2) is 146 Å². The van der Waals surface area contributed by atoms with Crippen molar-refractivity contribution in [1.82, 2.24) is 39.5 Å². The average Bonchev–Trinajstić information content (AvgIpc) is 1.04. The first kappa shape index (κ1) is 131. The monoisotopic (exact) mass is 2210 g/mol. The van der Waals surface area contributed by atoms with Crippen molar-refractivity contribution in [3.63, 3.8) is 0 Å². The summed E-state index contributed by atoms with van der Waals surface area (Å²) in [5.74, 6) is -0.871. The summed E-state index contributed by atoms with van der Waals surface area (Å²) in [7, 11) is 10.2. The summed E-state index contributed by atoms with van der Waals surface area (Å²) < 4.78 is 46.7. The fourth-order valence-electron chi connectivity index (χ4n) is 17.1. The molecule has 9 aliphatic heterocycles. The van der Waals surface area contributed by atoms with Gasteiger partial charge in [0, 0.05) is 162 Å². The van der Waals surface area contributed by atoms with E-state index in [1.165, 1.54) is 33.3 Å². The van der Waals surface area contributed by atoms with E-state index in [0.717, 1.165) is 206 Å². The number of amides is 1. The number of methoxy groups -OCH3 is 4. The second kappa shape index (κ2) is 67.8. The van der Waals surface area contributed by atoms with Crippen LogP contribution in [0.2, 0.25) is 10.0 Å². The Hall–Kier alpha value is -7.82. The van der Waals surface area contributed by atoms with Gasteiger partial charge >= 0.3 is 71.4 Å². The first-order valence-corrected chi connectivity index (χ1v) is 47.2. The number of likely N-dealkylation sites (tertiary alicyclic amines) is 2. The summed E-state index contributed by atoms with van der Waals surface area (Å²) in [5.41, 5.74) is 8.49. The maximum absolute atomic E-state index is 13.2. The SMILES string of the molecule is C=C(CBr)C(=O)OCC.C=C(COC)C(=O)O.C=C(COC)C(=O)O.C=C(COC)C(=O)OCC.C=C(C[N+]12CCN(CC1)CC2)C(=O)OCC.S.S.S.S.[Br-].[C-]#[N+]C[C@@H]1CCCN(c2nc(OC[C@@H]3CCCN3C)nc3c2CCN(c2cccc4cccc(Cl)c24)C3)C1.[C-]#[N+]C[C@H]1CN(c2nc(OC[C@@H]3CCCN3C)nc3c2CCN(c2cccc4cccc(Cl)c24)C3)CCN1C(=O)C(=C)COC.[Na+].[OH-]. The number of hydrogen-bond acceptors (Lipinski definition) is 27. The largest absolute Gasteiger partial charge is 1.00 e. The number of quaternary nitrogens is 1. The maximum atomic E-state index is 13.2. The number of benzene rings is 4. The van der Waals surface area contributed by atoms with Gasteiger partial charge in [-0.15, -0.1) is 0 Å². The zero-order valence-electron chi connectivity index (χ0n) is 83.0. The Morgan fingerprint density at radius 3 is 1.28 bits per heavy atom. The fourth-order valence-corrected chi connectivity index (χ4v) is 17.9. The van der Waals surface area contributed by atoms with Crippen molar-refractivity contribution in [3.05, 3.63) is 201 Å². The molecular formula is C99H142Br2Cl2N15NaO18S4. The van der Waals surface area contributed by atoms with Crippen LogP contribution in [-0.4, -0.2) is 339 Å². The van der Waals surface area contributed by atoms with E-state index < -0.39 is 11.9 Å². The summed E-state index contributed by atoms with van der Waals surface area (Å²) in [6.45, 7) is 61.4. The van der Waals surface area contributed by atoms with Crippen LogP contribution in [0.5, 0.6) is 12.0 Å². The molecule has 0 radical (unpaired) electrons. The van der Waals surface area contributed by atoms with E-state index in [4.69, 9.17) is 85.4 Å². The Balaban J connectivity index is 0.000000923. The summed E-state index contributed by atoms with van der Waals surface area (Å²) in [5, 5.41) is 22.6. The Bertz CT molecular complexity index is 5120. The third kappa shape index (κ3) is 39.2. The number of alkyl halides is 1. The van der Waals surface area contributed by atoms with Crippen LogP contribution in [-0.2, 0) is 87.9 Å². The number of hydrogen-bond donors (Lipinski definition) is 2. The van der Waals surface area contributed by atoms with Crippen LogP contribution in [0.25, 0.3) is 31.2 Å². The van der Waals surface area contributed by atoms with Crippen molar-refractivity contribution < 1.29 is 138 Å². The minimum atomic E-state index is -1.01. The number of piperazine rings is 4. The number of fused-ring (bicyclic) bond motifs is 7. The molecule has 141 heavy (non-hydrogen) atoms. The molecule has 15 rings (SSSR count). The van der Waals surface area contributed by atoms with Gasteiger partial charge in [0.1, 0.15) is 37.4 Å². The number of piperidine rings is 1. The second-order valence-corrected chi connectivity index (χ2v) is 35.1. The van der Waals surface area contributed by atoms with Crippen molar-refractivity contribution >= 4 is 173 Å². The number of ether oxygens (including phenoxy) is 9. The fraction of sp³-hybridized carbons (Fsp3) is 0.515. The van der Waals surface area contributed by atoms with Gasteiger partial charge in [-0.25, -0.2) is 37.1 Å². The summed E-state index contributed by atoms with van der Waals surface area (Å²) in [6, 6.07) is 26.0. The van der Waals surface area contributed by atoms with Crippen molar-refractivity contribution in [2.45, 2.75) is 103 Å². The number of halogens is 4. The van der Waals surface area contributed by atoms with Gasteiger partial charge in [0.2, 0.25) is 13.1 Å². The molecule has 42 heteroatoms. The minimum absolute atomic E-state index is 0. The van der Waals surface area contributed by atoms with E-state index in [2.05, 4.69) is 186 Å². The summed E-state index contributed by atoms with van der Waals surface area (Å²) in [6.07, 6.45) is 8.41. The molecule has 0 spiro atoms. The second-order valence-electron chi connectivity index (χ2n) is 33.8. The van der Waals surface area contributed by atoms with E-state index in [-0.39, 0.29) is 180 Å². The van der Waals surface area contributed by atoms with Crippen LogP contribution in [0.1, 0.15) is 81.8 Å². The molecule has 774 valence electrons. The molecule has 11 heterocycles. The van der Waals surface area contributed by atoms with Crippen LogP contribution >= 0.6 is 93.1 Å². The zero-order chi connectivity index (χ0) is 97.6. The van der Waals surface area contributed by atoms with E-state index in [1.807, 2.05) is 31.2 Å². The molecule has 0 saturated carbocycles. The first-order chi connectivity index (χ1) is 64.4. The number of carboxylic acids is 2. The van der Waals surface area contributed by atoms with Crippen molar-refractivity contribution in [1.29, 1.82) is 0 Å². The smallest absolute Gasteiger partial charge is 1.00 e. The van der Waals surface area contributed by atoms with Crippen LogP contribution in [0.3, 0.4) is 0 Å². The predicted octanol–water partition coefficient (Wildman–Crippen LogP) is 7.25. The molecule has 7 saturated heterocycles. The molecule has 4 aromatic carbocycles. The standard InChI is InChI=1S/C34H40ClN7O3.C30H35ClN6O.C12H21N2O2.C7H12O3.C6H9BrO2.2C5H8O3.BrH.Na.H2O.4H2S/c1-23(21-44-4)33(43)42-17-16-41(19-26(42)18-36-2)32-27-13-15-40(30-12-6-9-24-8-5-11-28(35)31(24)30)20-29(27)37-34(38-32)45-22-25-10-7-14-39(25)3;1-32-17-21-7-5-15-37(18-21)29-24-13-16-36(27-12-4-9-22-8-3-11-25(31)28(22)27)19-26(24)33-30(34-29)38-20-23-10-6-14-35(23)2;1-3-16-12(15)11(2)10-14-7-4-13(5-8-14)6-9-14;1-4-10-7(8)6(2)5-9-3;1-3-9-6(8)5(2)4-7;2*1-4(3-8-2)5(6)7;;;;;;;/h5-6,8-9,11-12,25-26H,1,7,10,13-22H2,3-4H3;3-4,8-9,11-12,21,23H,5-7,10,13-20H2,2H3;2-10H2,1H3;2,4-5H2,1,3H3;2-4H2,1H3;2*1,3H2,2H3,(H,6,7);1H;;5*1H2/q;;+1;;;;;;+1;;;;;/p-2/t25-,26-;21-,23-;;;;;;;;;;;;/m00............/s1. The number of aromatic nitrogens is 4. The predicted molar refractivity (Wildman–Crippen MR) is 570 cm³/mol. The maximum Gasteiger partial charge on any atom is 1.00 e. The van der Waals surface area contributed by atoms with Crippen molar-refractivity contribution in [2.24, 2.45) is 5.92 Å². The van der Waals surface area contributed by atoms with Gasteiger partial charge in [-0.3, -0.25) is 9.69 Å². The minimum Gasteiger partial charge on any atom is -1.00 e. The number of likely N-dealkylation sites (N-methyl/N-ethyl adjacent to an activating group) is 2. The number of aliphatic carboxylic acids is 2. The Morgan fingerprint density at radius 1 is 0.496 bits per heavy atom. The number of nitrogens with zero attached hydrogens (tertiary/aromatic N) is 15. The molecule has 2 bridgehead atoms. The van der Waals surface area contributed by atoms with Crippen molar-refractivity contribution in [2.75, 3.05) is 245 Å². The van der Waals surface area contributed by atoms with E-state index >= 15 is 0 Å². The molecule has 1 amide bonds. The molecular weight excluding hydrogens is 2070 g/mol. The Morgan fingerprint density at radius 2 is 0.894 bits per heavy atom. The van der Waals surface area contributed by atoms with Crippen LogP contribution < -0.4 is 75.6 Å². The van der Waals surface area contributed by atoms with Gasteiger partial charge in [-0.2, -0.15) is 73.9 Å². The number of esters is 3. The number of carboxylic acid groups (broad SMARTS) is 2. The van der Waals surface area contributed by atoms with Gasteiger partial charge in [0.15, 0.2) is 0 Å². The Labute approximate surface area is 910 Å². The molecule has 2 aromatic heterocycles. The van der Waals surface area contributed by atoms with Gasteiger partial charge in [-0.05, 0) is 134 Å². The summed E-state index contributed by atoms with van der Waals surface area (Å²) >= 11 is 16.5. The van der Waals surface area contributed by atoms with Crippen LogP contribution in [0, 0.1) is 19.1 Å². The molecule has 0 unspecified atom stereocenters. The first-order valence-electron chi connectivity index (χ1n) is 45.3. The Kier molecular flexibility index (Phi) is 63.1. The number of carbonyl (C=O) groups is 6. The van der Waals surface area contributed by atoms with E-state index in [9.17, 15) is 28.8 Å². The van der Waals surface area contributed by atoms with E-state index in [1.54, 1.807) is 25.9 Å². The third-order valence-electron chi connectivity index (χ3n) is 24.3. The average molecular weight is 2210 g/mol. The number of rotatable bonds is 32. The van der Waals surface area contributed by atoms with Crippen LogP contribution in [0.4, 0.5) is 23.0 Å². The molecule has 9 aliphatic rings.